The Kier molecular flexibility index (Phi) is 10.1. The fourth-order valence-corrected chi connectivity index (χ4v) is 15.1. The van der Waals surface area contributed by atoms with E-state index >= 15 is 0 Å². The molecule has 0 aliphatic rings. The van der Waals surface area contributed by atoms with Gasteiger partial charge in [-0.1, -0.05) is 218 Å². The maximum absolute atomic E-state index is 3.90. The Morgan fingerprint density at radius 3 is 0.630 bits per heavy atom. The molecule has 0 bridgehead atoms. The molecule has 0 N–H and O–H groups in total. The molecule has 0 aliphatic heterocycles. The van der Waals surface area contributed by atoms with Crippen molar-refractivity contribution in [2.24, 2.45) is 0 Å². The van der Waals surface area contributed by atoms with Gasteiger partial charge < -0.3 is 0 Å². The smallest absolute Gasteiger partial charge is 0.109 e. The van der Waals surface area contributed by atoms with Crippen LogP contribution in [0.5, 0.6) is 0 Å². The van der Waals surface area contributed by atoms with Gasteiger partial charge in [-0.05, 0) is 66.5 Å². The lowest BCUT2D eigenvalue weighted by Gasteiger charge is -2.28. The van der Waals surface area contributed by atoms with Gasteiger partial charge in [-0.3, -0.25) is 0 Å². The molecule has 8 rings (SSSR count). The summed E-state index contributed by atoms with van der Waals surface area (Å²) in [6.45, 7) is 0. The Bertz CT molecular complexity index is 2170. The molecule has 0 unspecified atom stereocenters. The van der Waals surface area contributed by atoms with Gasteiger partial charge in [0.2, 0.25) is 16.1 Å². The lowest BCUT2D eigenvalue weighted by molar-refractivity contribution is 1.58. The number of hydrogen-bond donors (Lipinski definition) is 0. The van der Waals surface area contributed by atoms with Crippen molar-refractivity contribution in [1.82, 2.24) is 0 Å². The Morgan fingerprint density at radius 1 is 0.222 bits per heavy atom. The summed E-state index contributed by atoms with van der Waals surface area (Å²) in [6.07, 6.45) is 0. The first-order chi connectivity index (χ1) is 26.8. The zero-order valence-electron chi connectivity index (χ0n) is 29.9. The molecular weight excluding hydrogens is 681 g/mol. The highest BCUT2D eigenvalue weighted by molar-refractivity contribution is 7.17. The fourth-order valence-electron chi connectivity index (χ4n) is 7.39. The van der Waals surface area contributed by atoms with Gasteiger partial charge >= 0.3 is 0 Å². The molecule has 0 saturated heterocycles. The molecular formula is C52H38Si2. The van der Waals surface area contributed by atoms with Crippen LogP contribution in [0.2, 0.25) is 0 Å². The van der Waals surface area contributed by atoms with Gasteiger partial charge in [0, 0.05) is 11.1 Å². The minimum absolute atomic E-state index is 1.00. The van der Waals surface area contributed by atoms with E-state index in [4.69, 9.17) is 0 Å². The normalized spacial score (nSPS) is 11.0. The van der Waals surface area contributed by atoms with E-state index in [0.717, 1.165) is 22.3 Å². The largest absolute Gasteiger partial charge is 0.230 e. The SMILES string of the molecule is C(#C[Si](c1ccccc1)(c1ccccc1)c1ccccc1)c1ccc(-c2ccc(C#C[Si](c3ccccc3)(c3ccccc3)c3ccccc3)cc2)cc1. The summed E-state index contributed by atoms with van der Waals surface area (Å²) in [5, 5.41) is 7.70. The van der Waals surface area contributed by atoms with E-state index in [1.807, 2.05) is 0 Å². The summed E-state index contributed by atoms with van der Waals surface area (Å²) < 4.78 is 0. The molecule has 0 amide bonds. The summed E-state index contributed by atoms with van der Waals surface area (Å²) in [6, 6.07) is 82.3. The van der Waals surface area contributed by atoms with Crippen LogP contribution in [0.1, 0.15) is 11.1 Å². The predicted molar refractivity (Wildman–Crippen MR) is 234 cm³/mol. The highest BCUT2D eigenvalue weighted by atomic mass is 28.3. The second-order valence-electron chi connectivity index (χ2n) is 13.4. The monoisotopic (exact) mass is 718 g/mol. The molecule has 2 heteroatoms. The molecule has 254 valence electrons. The van der Waals surface area contributed by atoms with Crippen LogP contribution in [0.3, 0.4) is 0 Å². The average Bonchev–Trinajstić information content (AvgIpc) is 3.27. The highest BCUT2D eigenvalue weighted by Gasteiger charge is 2.39. The highest BCUT2D eigenvalue weighted by Crippen LogP contribution is 2.21. The molecule has 0 aliphatic carbocycles. The van der Waals surface area contributed by atoms with Crippen molar-refractivity contribution < 1.29 is 0 Å². The maximum Gasteiger partial charge on any atom is 0.230 e. The van der Waals surface area contributed by atoms with Crippen LogP contribution < -0.4 is 31.1 Å². The van der Waals surface area contributed by atoms with Gasteiger partial charge in [-0.2, -0.15) is 0 Å². The van der Waals surface area contributed by atoms with Crippen molar-refractivity contribution in [3.05, 3.63) is 242 Å². The van der Waals surface area contributed by atoms with E-state index in [9.17, 15) is 0 Å². The zero-order chi connectivity index (χ0) is 36.5. The van der Waals surface area contributed by atoms with Gasteiger partial charge in [-0.15, -0.1) is 11.1 Å². The minimum Gasteiger partial charge on any atom is -0.109 e. The third-order valence-corrected chi connectivity index (χ3v) is 18.3. The first kappa shape index (κ1) is 34.4. The third-order valence-electron chi connectivity index (χ3n) is 10.1. The van der Waals surface area contributed by atoms with Crippen LogP contribution in [0.25, 0.3) is 11.1 Å². The summed E-state index contributed by atoms with van der Waals surface area (Å²) in [5.74, 6) is 7.27. The van der Waals surface area contributed by atoms with E-state index in [0.29, 0.717) is 0 Å². The quantitative estimate of drug-likeness (QED) is 0.0912. The van der Waals surface area contributed by atoms with Gasteiger partial charge in [0.15, 0.2) is 0 Å². The Hall–Kier alpha value is -6.69. The molecule has 0 spiro atoms. The molecule has 0 heterocycles. The van der Waals surface area contributed by atoms with Crippen molar-refractivity contribution in [1.29, 1.82) is 0 Å². The van der Waals surface area contributed by atoms with Crippen molar-refractivity contribution >= 4 is 47.3 Å². The molecule has 8 aromatic carbocycles. The Morgan fingerprint density at radius 2 is 0.426 bits per heavy atom. The first-order valence-corrected chi connectivity index (χ1v) is 22.4. The van der Waals surface area contributed by atoms with Crippen molar-refractivity contribution in [3.8, 4) is 34.1 Å². The van der Waals surface area contributed by atoms with Gasteiger partial charge in [0.05, 0.1) is 0 Å². The van der Waals surface area contributed by atoms with Gasteiger partial charge in [0.1, 0.15) is 0 Å². The Labute approximate surface area is 321 Å². The summed E-state index contributed by atoms with van der Waals surface area (Å²) in [7, 11) is -5.30. The summed E-state index contributed by atoms with van der Waals surface area (Å²) in [4.78, 5) is 0. The van der Waals surface area contributed by atoms with Crippen molar-refractivity contribution in [2.45, 2.75) is 0 Å². The summed E-state index contributed by atoms with van der Waals surface area (Å²) >= 11 is 0. The standard InChI is InChI=1S/C52H38Si2/c1-7-19-47(20-8-1)53(48-21-9-2-10-22-48,49-23-11-3-12-24-49)41-39-43-31-35-45(36-32-43)46-37-33-44(34-38-46)40-42-54(50-25-13-4-14-26-50,51-27-15-5-16-28-51)52-29-17-6-18-30-52/h1-38H. The van der Waals surface area contributed by atoms with Crippen LogP contribution >= 0.6 is 0 Å². The van der Waals surface area contributed by atoms with Gasteiger partial charge in [0.25, 0.3) is 0 Å². The molecule has 0 fully saturated rings. The van der Waals surface area contributed by atoms with E-state index in [1.54, 1.807) is 0 Å². The van der Waals surface area contributed by atoms with Crippen LogP contribution in [-0.4, -0.2) is 16.1 Å². The molecule has 54 heavy (non-hydrogen) atoms. The van der Waals surface area contributed by atoms with Crippen LogP contribution in [-0.2, 0) is 0 Å². The van der Waals surface area contributed by atoms with Crippen LogP contribution in [0.15, 0.2) is 231 Å². The average molecular weight is 719 g/mol. The van der Waals surface area contributed by atoms with E-state index in [-0.39, 0.29) is 0 Å². The third kappa shape index (κ3) is 6.93. The topological polar surface area (TPSA) is 0 Å². The zero-order valence-corrected chi connectivity index (χ0v) is 31.9. The van der Waals surface area contributed by atoms with E-state index in [2.05, 4.69) is 253 Å². The van der Waals surface area contributed by atoms with Crippen molar-refractivity contribution in [2.75, 3.05) is 0 Å². The number of hydrogen-bond acceptors (Lipinski definition) is 0. The van der Waals surface area contributed by atoms with Crippen LogP contribution in [0.4, 0.5) is 0 Å². The fraction of sp³-hybridized carbons (Fsp3) is 0. The lowest BCUT2D eigenvalue weighted by Crippen LogP contribution is -2.66. The van der Waals surface area contributed by atoms with E-state index < -0.39 is 16.1 Å². The summed E-state index contributed by atoms with van der Waals surface area (Å²) in [5.41, 5.74) is 12.1. The lowest BCUT2D eigenvalue weighted by atomic mass is 10.0. The molecule has 8 aromatic rings. The second kappa shape index (κ2) is 15.9. The number of benzene rings is 8. The molecule has 0 saturated carbocycles. The Balaban J connectivity index is 1.12. The first-order valence-electron chi connectivity index (χ1n) is 18.4. The second-order valence-corrected chi connectivity index (χ2v) is 20.3. The molecule has 0 radical (unpaired) electrons. The molecule has 0 nitrogen and oxygen atoms in total. The maximum atomic E-state index is 3.90. The number of rotatable bonds is 7. The molecule has 0 aromatic heterocycles. The molecule has 0 atom stereocenters. The van der Waals surface area contributed by atoms with Crippen LogP contribution in [0, 0.1) is 22.9 Å². The van der Waals surface area contributed by atoms with E-state index in [1.165, 1.54) is 31.1 Å². The van der Waals surface area contributed by atoms with Gasteiger partial charge in [-0.25, -0.2) is 0 Å². The predicted octanol–water partition coefficient (Wildman–Crippen LogP) is 7.48. The van der Waals surface area contributed by atoms with Crippen molar-refractivity contribution in [3.63, 3.8) is 0 Å². The minimum atomic E-state index is -2.65.